The molecule has 11 heavy (non-hydrogen) atoms. The van der Waals surface area contributed by atoms with Crippen molar-refractivity contribution in [3.63, 3.8) is 0 Å². The van der Waals surface area contributed by atoms with Gasteiger partial charge in [0, 0.05) is 0 Å². The van der Waals surface area contributed by atoms with Gasteiger partial charge in [0.05, 0.1) is 0 Å². The maximum Gasteiger partial charge on any atom is 0.320 e. The van der Waals surface area contributed by atoms with Crippen LogP contribution in [0.15, 0.2) is 25.3 Å². The highest BCUT2D eigenvalue weighted by molar-refractivity contribution is 9.10. The van der Waals surface area contributed by atoms with E-state index >= 15 is 0 Å². The predicted octanol–water partition coefficient (Wildman–Crippen LogP) is 2.06. The topological polar surface area (TPSA) is 26.3 Å². The molecule has 0 radical (unpaired) electrons. The average Bonchev–Trinajstić information content (AvgIpc) is 2.00. The SMILES string of the molecule is C=CCOC(=O)C(Br)CC=C. The number of carbonyl (C=O) groups excluding carboxylic acids is 1. The third kappa shape index (κ3) is 4.79. The Morgan fingerprint density at radius 2 is 2.18 bits per heavy atom. The molecular formula is C8H11BrO2. The van der Waals surface area contributed by atoms with E-state index in [1.54, 1.807) is 6.08 Å². The van der Waals surface area contributed by atoms with E-state index in [0.29, 0.717) is 6.42 Å². The van der Waals surface area contributed by atoms with Crippen LogP contribution in [0.1, 0.15) is 6.42 Å². The van der Waals surface area contributed by atoms with Crippen LogP contribution < -0.4 is 0 Å². The lowest BCUT2D eigenvalue weighted by atomic mass is 10.3. The monoisotopic (exact) mass is 218 g/mol. The minimum Gasteiger partial charge on any atom is -0.461 e. The lowest BCUT2D eigenvalue weighted by Crippen LogP contribution is -2.16. The Bertz CT molecular complexity index is 154. The molecule has 2 nitrogen and oxygen atoms in total. The van der Waals surface area contributed by atoms with Crippen LogP contribution in [-0.4, -0.2) is 17.4 Å². The molecule has 0 aromatic carbocycles. The highest BCUT2D eigenvalue weighted by atomic mass is 79.9. The zero-order valence-electron chi connectivity index (χ0n) is 6.25. The lowest BCUT2D eigenvalue weighted by molar-refractivity contribution is -0.141. The van der Waals surface area contributed by atoms with Gasteiger partial charge in [0.15, 0.2) is 0 Å². The van der Waals surface area contributed by atoms with Crippen molar-refractivity contribution >= 4 is 21.9 Å². The van der Waals surface area contributed by atoms with E-state index in [2.05, 4.69) is 29.1 Å². The summed E-state index contributed by atoms with van der Waals surface area (Å²) in [6.45, 7) is 7.19. The molecule has 0 bridgehead atoms. The average molecular weight is 219 g/mol. The second-order valence-corrected chi connectivity index (χ2v) is 3.02. The first-order valence-corrected chi connectivity index (χ1v) is 4.16. The molecule has 0 rings (SSSR count). The van der Waals surface area contributed by atoms with Crippen molar-refractivity contribution in [2.45, 2.75) is 11.2 Å². The van der Waals surface area contributed by atoms with Gasteiger partial charge in [-0.15, -0.1) is 6.58 Å². The first kappa shape index (κ1) is 10.4. The Labute approximate surface area is 75.1 Å². The van der Waals surface area contributed by atoms with Gasteiger partial charge in [-0.1, -0.05) is 34.7 Å². The Morgan fingerprint density at radius 1 is 1.55 bits per heavy atom. The molecule has 1 atom stereocenters. The molecule has 0 fully saturated rings. The molecule has 62 valence electrons. The minimum absolute atomic E-state index is 0.262. The van der Waals surface area contributed by atoms with Crippen LogP contribution in [0.3, 0.4) is 0 Å². The summed E-state index contributed by atoms with van der Waals surface area (Å²) in [6, 6.07) is 0. The number of hydrogen-bond donors (Lipinski definition) is 0. The maximum absolute atomic E-state index is 10.9. The van der Waals surface area contributed by atoms with Crippen molar-refractivity contribution in [2.75, 3.05) is 6.61 Å². The summed E-state index contributed by atoms with van der Waals surface area (Å²) < 4.78 is 4.75. The van der Waals surface area contributed by atoms with Gasteiger partial charge >= 0.3 is 5.97 Å². The van der Waals surface area contributed by atoms with Crippen LogP contribution in [0.2, 0.25) is 0 Å². The zero-order chi connectivity index (χ0) is 8.69. The van der Waals surface area contributed by atoms with E-state index in [0.717, 1.165) is 0 Å². The van der Waals surface area contributed by atoms with Gasteiger partial charge in [0.1, 0.15) is 11.4 Å². The Balaban J connectivity index is 3.62. The van der Waals surface area contributed by atoms with Crippen molar-refractivity contribution in [1.29, 1.82) is 0 Å². The van der Waals surface area contributed by atoms with Crippen LogP contribution in [-0.2, 0) is 9.53 Å². The molecule has 0 saturated carbocycles. The maximum atomic E-state index is 10.9. The van der Waals surface area contributed by atoms with Gasteiger partial charge < -0.3 is 4.74 Å². The molecule has 1 unspecified atom stereocenters. The van der Waals surface area contributed by atoms with E-state index in [4.69, 9.17) is 4.74 Å². The van der Waals surface area contributed by atoms with Crippen molar-refractivity contribution in [2.24, 2.45) is 0 Å². The molecule has 0 spiro atoms. The van der Waals surface area contributed by atoms with E-state index < -0.39 is 0 Å². The normalized spacial score (nSPS) is 11.7. The zero-order valence-corrected chi connectivity index (χ0v) is 7.84. The molecule has 0 heterocycles. The second kappa shape index (κ2) is 6.16. The first-order chi connectivity index (χ1) is 5.22. The molecule has 0 aliphatic heterocycles. The quantitative estimate of drug-likeness (QED) is 0.402. The van der Waals surface area contributed by atoms with E-state index in [9.17, 15) is 4.79 Å². The van der Waals surface area contributed by atoms with Gasteiger partial charge in [0.25, 0.3) is 0 Å². The molecular weight excluding hydrogens is 208 g/mol. The smallest absolute Gasteiger partial charge is 0.320 e. The summed E-state index contributed by atoms with van der Waals surface area (Å²) in [4.78, 5) is 10.6. The minimum atomic E-state index is -0.278. The van der Waals surface area contributed by atoms with Gasteiger partial charge in [-0.25, -0.2) is 0 Å². The van der Waals surface area contributed by atoms with E-state index in [1.807, 2.05) is 0 Å². The Kier molecular flexibility index (Phi) is 5.84. The van der Waals surface area contributed by atoms with Crippen molar-refractivity contribution in [1.82, 2.24) is 0 Å². The molecule has 3 heteroatoms. The molecule has 0 N–H and O–H groups in total. The van der Waals surface area contributed by atoms with Gasteiger partial charge in [-0.3, -0.25) is 4.79 Å². The summed E-state index contributed by atoms with van der Waals surface area (Å²) >= 11 is 3.15. The fraction of sp³-hybridized carbons (Fsp3) is 0.375. The summed E-state index contributed by atoms with van der Waals surface area (Å²) in [6.07, 6.45) is 3.77. The number of rotatable bonds is 5. The summed E-state index contributed by atoms with van der Waals surface area (Å²) in [5.74, 6) is -0.273. The lowest BCUT2D eigenvalue weighted by Gasteiger charge is -2.05. The number of allylic oxidation sites excluding steroid dienone is 1. The van der Waals surface area contributed by atoms with E-state index in [1.165, 1.54) is 6.08 Å². The summed E-state index contributed by atoms with van der Waals surface area (Å²) in [5, 5.41) is 0. The van der Waals surface area contributed by atoms with E-state index in [-0.39, 0.29) is 17.4 Å². The molecule has 0 amide bonds. The highest BCUT2D eigenvalue weighted by Gasteiger charge is 2.13. The molecule has 0 aliphatic carbocycles. The van der Waals surface area contributed by atoms with Crippen LogP contribution in [0.25, 0.3) is 0 Å². The third-order valence-electron chi connectivity index (χ3n) is 0.973. The van der Waals surface area contributed by atoms with Crippen molar-refractivity contribution in [3.05, 3.63) is 25.3 Å². The number of halogens is 1. The first-order valence-electron chi connectivity index (χ1n) is 3.25. The molecule has 0 aromatic rings. The number of ether oxygens (including phenoxy) is 1. The number of alkyl halides is 1. The molecule has 0 aromatic heterocycles. The number of esters is 1. The van der Waals surface area contributed by atoms with Gasteiger partial charge in [0.2, 0.25) is 0 Å². The standard InChI is InChI=1S/C8H11BrO2/c1-3-5-7(9)8(10)11-6-4-2/h3-4,7H,1-2,5-6H2. The molecule has 0 saturated heterocycles. The Morgan fingerprint density at radius 3 is 2.64 bits per heavy atom. The van der Waals surface area contributed by atoms with Crippen LogP contribution in [0.4, 0.5) is 0 Å². The molecule has 0 aliphatic rings. The van der Waals surface area contributed by atoms with Gasteiger partial charge in [-0.05, 0) is 6.42 Å². The van der Waals surface area contributed by atoms with Gasteiger partial charge in [-0.2, -0.15) is 0 Å². The van der Waals surface area contributed by atoms with Crippen LogP contribution >= 0.6 is 15.9 Å². The summed E-state index contributed by atoms with van der Waals surface area (Å²) in [5.41, 5.74) is 0. The summed E-state index contributed by atoms with van der Waals surface area (Å²) in [7, 11) is 0. The number of hydrogen-bond acceptors (Lipinski definition) is 2. The van der Waals surface area contributed by atoms with Crippen LogP contribution in [0.5, 0.6) is 0 Å². The highest BCUT2D eigenvalue weighted by Crippen LogP contribution is 2.07. The van der Waals surface area contributed by atoms with Crippen LogP contribution in [0, 0.1) is 0 Å². The number of carbonyl (C=O) groups is 1. The fourth-order valence-corrected chi connectivity index (χ4v) is 0.871. The Hall–Kier alpha value is -0.570. The van der Waals surface area contributed by atoms with Crippen molar-refractivity contribution < 1.29 is 9.53 Å². The van der Waals surface area contributed by atoms with Crippen molar-refractivity contribution in [3.8, 4) is 0 Å². The fourth-order valence-electron chi connectivity index (χ4n) is 0.474. The largest absolute Gasteiger partial charge is 0.461 e. The predicted molar refractivity (Wildman–Crippen MR) is 48.7 cm³/mol. The second-order valence-electron chi connectivity index (χ2n) is 1.91. The third-order valence-corrected chi connectivity index (χ3v) is 1.72.